The summed E-state index contributed by atoms with van der Waals surface area (Å²) in [5.74, 6) is 0. The van der Waals surface area contributed by atoms with E-state index in [0.717, 1.165) is 21.2 Å². The molecule has 0 unspecified atom stereocenters. The van der Waals surface area contributed by atoms with Crippen LogP contribution in [0.25, 0.3) is 11.3 Å². The third-order valence-corrected chi connectivity index (χ3v) is 3.96. The molecule has 1 heterocycles. The number of benzene rings is 1. The summed E-state index contributed by atoms with van der Waals surface area (Å²) in [5, 5.41) is 0. The van der Waals surface area contributed by atoms with Crippen LogP contribution < -0.4 is 5.69 Å². The number of aryl methyl sites for hydroxylation is 3. The van der Waals surface area contributed by atoms with Crippen LogP contribution in [0.5, 0.6) is 0 Å². The summed E-state index contributed by atoms with van der Waals surface area (Å²) in [5.41, 5.74) is 3.73. The fourth-order valence-electron chi connectivity index (χ4n) is 1.72. The van der Waals surface area contributed by atoms with Crippen LogP contribution in [0.4, 0.5) is 0 Å². The Morgan fingerprint density at radius 1 is 1.24 bits per heavy atom. The zero-order valence-electron chi connectivity index (χ0n) is 9.99. The molecule has 0 saturated heterocycles. The minimum Gasteiger partial charge on any atom is -0.302 e. The lowest BCUT2D eigenvalue weighted by molar-refractivity contribution is 0.813. The quantitative estimate of drug-likeness (QED) is 0.810. The van der Waals surface area contributed by atoms with Crippen LogP contribution in [-0.4, -0.2) is 9.55 Å². The van der Waals surface area contributed by atoms with E-state index in [4.69, 9.17) is 0 Å². The molecular formula is C13H13BrN2O. The first-order valence-electron chi connectivity index (χ1n) is 5.30. The summed E-state index contributed by atoms with van der Waals surface area (Å²) in [6.07, 6.45) is 1.73. The van der Waals surface area contributed by atoms with Crippen molar-refractivity contribution in [3.63, 3.8) is 0 Å². The Morgan fingerprint density at radius 2 is 1.82 bits per heavy atom. The SMILES string of the molecule is Cc1cc(-c2ccn(C)c(=O)n2)cc(C)c1Br. The van der Waals surface area contributed by atoms with E-state index in [1.807, 2.05) is 32.0 Å². The van der Waals surface area contributed by atoms with E-state index in [2.05, 4.69) is 20.9 Å². The fraction of sp³-hybridized carbons (Fsp3) is 0.231. The monoisotopic (exact) mass is 292 g/mol. The van der Waals surface area contributed by atoms with Gasteiger partial charge in [0.05, 0.1) is 5.69 Å². The number of rotatable bonds is 1. The first-order valence-corrected chi connectivity index (χ1v) is 6.09. The van der Waals surface area contributed by atoms with Crippen LogP contribution in [0.1, 0.15) is 11.1 Å². The number of hydrogen-bond donors (Lipinski definition) is 0. The molecular weight excluding hydrogens is 280 g/mol. The van der Waals surface area contributed by atoms with Gasteiger partial charge in [0.15, 0.2) is 0 Å². The van der Waals surface area contributed by atoms with Crippen molar-refractivity contribution in [1.29, 1.82) is 0 Å². The van der Waals surface area contributed by atoms with Crippen LogP contribution in [0.15, 0.2) is 33.7 Å². The van der Waals surface area contributed by atoms with Gasteiger partial charge in [0.25, 0.3) is 0 Å². The van der Waals surface area contributed by atoms with Gasteiger partial charge < -0.3 is 4.57 Å². The third-order valence-electron chi connectivity index (χ3n) is 2.71. The molecule has 0 aliphatic heterocycles. The van der Waals surface area contributed by atoms with Gasteiger partial charge in [0, 0.05) is 23.3 Å². The van der Waals surface area contributed by atoms with E-state index in [-0.39, 0.29) is 5.69 Å². The third kappa shape index (κ3) is 2.31. The van der Waals surface area contributed by atoms with Gasteiger partial charge in [0.1, 0.15) is 0 Å². The van der Waals surface area contributed by atoms with Crippen molar-refractivity contribution in [1.82, 2.24) is 9.55 Å². The zero-order chi connectivity index (χ0) is 12.6. The van der Waals surface area contributed by atoms with Crippen LogP contribution in [0.3, 0.4) is 0 Å². The van der Waals surface area contributed by atoms with E-state index in [9.17, 15) is 4.79 Å². The summed E-state index contributed by atoms with van der Waals surface area (Å²) in [6.45, 7) is 4.06. The molecule has 1 aromatic carbocycles. The van der Waals surface area contributed by atoms with Crippen molar-refractivity contribution in [3.8, 4) is 11.3 Å². The van der Waals surface area contributed by atoms with Gasteiger partial charge in [-0.15, -0.1) is 0 Å². The molecule has 0 fully saturated rings. The lowest BCUT2D eigenvalue weighted by atomic mass is 10.0. The van der Waals surface area contributed by atoms with Crippen LogP contribution in [0.2, 0.25) is 0 Å². The summed E-state index contributed by atoms with van der Waals surface area (Å²) >= 11 is 3.53. The van der Waals surface area contributed by atoms with Crippen molar-refractivity contribution >= 4 is 15.9 Å². The van der Waals surface area contributed by atoms with E-state index in [1.54, 1.807) is 13.2 Å². The molecule has 0 bridgehead atoms. The first kappa shape index (κ1) is 12.0. The van der Waals surface area contributed by atoms with Crippen molar-refractivity contribution in [2.45, 2.75) is 13.8 Å². The normalized spacial score (nSPS) is 10.6. The lowest BCUT2D eigenvalue weighted by Gasteiger charge is -2.07. The van der Waals surface area contributed by atoms with Gasteiger partial charge in [-0.25, -0.2) is 4.79 Å². The Morgan fingerprint density at radius 3 is 2.35 bits per heavy atom. The molecule has 0 saturated carbocycles. The second kappa shape index (κ2) is 4.45. The average molecular weight is 293 g/mol. The second-order valence-electron chi connectivity index (χ2n) is 4.13. The van der Waals surface area contributed by atoms with E-state index >= 15 is 0 Å². The number of aromatic nitrogens is 2. The topological polar surface area (TPSA) is 34.9 Å². The number of hydrogen-bond acceptors (Lipinski definition) is 2. The van der Waals surface area contributed by atoms with Crippen molar-refractivity contribution in [3.05, 3.63) is 50.5 Å². The molecule has 0 aliphatic carbocycles. The zero-order valence-corrected chi connectivity index (χ0v) is 11.6. The molecule has 88 valence electrons. The molecule has 0 amide bonds. The lowest BCUT2D eigenvalue weighted by Crippen LogP contribution is -2.19. The largest absolute Gasteiger partial charge is 0.347 e. The fourth-order valence-corrected chi connectivity index (χ4v) is 1.95. The Balaban J connectivity index is 2.61. The average Bonchev–Trinajstić information content (AvgIpc) is 2.29. The highest BCUT2D eigenvalue weighted by molar-refractivity contribution is 9.10. The van der Waals surface area contributed by atoms with Gasteiger partial charge in [0.2, 0.25) is 0 Å². The minimum atomic E-state index is -0.235. The maximum Gasteiger partial charge on any atom is 0.347 e. The Kier molecular flexibility index (Phi) is 3.15. The van der Waals surface area contributed by atoms with Crippen LogP contribution >= 0.6 is 15.9 Å². The van der Waals surface area contributed by atoms with Crippen LogP contribution in [0, 0.1) is 13.8 Å². The maximum absolute atomic E-state index is 11.5. The highest BCUT2D eigenvalue weighted by Crippen LogP contribution is 2.26. The highest BCUT2D eigenvalue weighted by Gasteiger charge is 2.06. The van der Waals surface area contributed by atoms with Gasteiger partial charge in [-0.3, -0.25) is 0 Å². The Bertz CT molecular complexity index is 609. The van der Waals surface area contributed by atoms with E-state index < -0.39 is 0 Å². The molecule has 2 aromatic rings. The summed E-state index contributed by atoms with van der Waals surface area (Å²) in [4.78, 5) is 15.5. The summed E-state index contributed by atoms with van der Waals surface area (Å²) in [7, 11) is 1.69. The van der Waals surface area contributed by atoms with Gasteiger partial charge in [-0.05, 0) is 43.2 Å². The summed E-state index contributed by atoms with van der Waals surface area (Å²) < 4.78 is 2.56. The van der Waals surface area contributed by atoms with Crippen LogP contribution in [-0.2, 0) is 7.05 Å². The molecule has 0 aliphatic rings. The Hall–Kier alpha value is -1.42. The predicted molar refractivity (Wildman–Crippen MR) is 72.1 cm³/mol. The predicted octanol–water partition coefficient (Wildman–Crippen LogP) is 2.83. The minimum absolute atomic E-state index is 0.235. The molecule has 3 nitrogen and oxygen atoms in total. The highest BCUT2D eigenvalue weighted by atomic mass is 79.9. The van der Waals surface area contributed by atoms with Gasteiger partial charge >= 0.3 is 5.69 Å². The maximum atomic E-state index is 11.5. The molecule has 17 heavy (non-hydrogen) atoms. The molecule has 1 aromatic heterocycles. The smallest absolute Gasteiger partial charge is 0.302 e. The number of halogens is 1. The molecule has 0 spiro atoms. The molecule has 0 radical (unpaired) electrons. The number of nitrogens with zero attached hydrogens (tertiary/aromatic N) is 2. The second-order valence-corrected chi connectivity index (χ2v) is 4.92. The molecule has 4 heteroatoms. The van der Waals surface area contributed by atoms with E-state index in [0.29, 0.717) is 5.69 Å². The van der Waals surface area contributed by atoms with Crippen molar-refractivity contribution in [2.24, 2.45) is 7.05 Å². The molecule has 0 N–H and O–H groups in total. The van der Waals surface area contributed by atoms with Gasteiger partial charge in [-0.2, -0.15) is 4.98 Å². The standard InChI is InChI=1S/C13H13BrN2O/c1-8-6-10(7-9(2)12(8)14)11-4-5-16(3)13(17)15-11/h4-7H,1-3H3. The Labute approximate surface area is 108 Å². The van der Waals surface area contributed by atoms with Gasteiger partial charge in [-0.1, -0.05) is 15.9 Å². The summed E-state index contributed by atoms with van der Waals surface area (Å²) in [6, 6.07) is 5.90. The molecule has 2 rings (SSSR count). The van der Waals surface area contributed by atoms with Crippen molar-refractivity contribution < 1.29 is 0 Å². The van der Waals surface area contributed by atoms with Crippen molar-refractivity contribution in [2.75, 3.05) is 0 Å². The first-order chi connectivity index (χ1) is 7.99. The molecule has 0 atom stereocenters. The van der Waals surface area contributed by atoms with E-state index in [1.165, 1.54) is 4.57 Å².